The third-order valence-corrected chi connectivity index (χ3v) is 3.29. The monoisotopic (exact) mass is 250 g/mol. The number of nitrogens with one attached hydrogen (secondary N) is 1. The summed E-state index contributed by atoms with van der Waals surface area (Å²) in [5.74, 6) is 1.82. The van der Waals surface area contributed by atoms with E-state index in [0.717, 1.165) is 18.1 Å². The van der Waals surface area contributed by atoms with Gasteiger partial charge in [0.05, 0.1) is 19.7 Å². The zero-order chi connectivity index (χ0) is 12.4. The fourth-order valence-electron chi connectivity index (χ4n) is 2.04. The first-order valence-electron chi connectivity index (χ1n) is 6.48. The van der Waals surface area contributed by atoms with Crippen molar-refractivity contribution >= 4 is 5.91 Å². The highest BCUT2D eigenvalue weighted by Crippen LogP contribution is 2.20. The summed E-state index contributed by atoms with van der Waals surface area (Å²) in [6.45, 7) is 2.78. The van der Waals surface area contributed by atoms with Crippen molar-refractivity contribution in [3.05, 3.63) is 23.7 Å². The summed E-state index contributed by atoms with van der Waals surface area (Å²) in [6, 6.07) is 4.61. The molecule has 2 aliphatic rings. The Morgan fingerprint density at radius 3 is 2.94 bits per heavy atom. The number of nitrogens with zero attached hydrogens (tertiary/aromatic N) is 1. The molecule has 98 valence electrons. The van der Waals surface area contributed by atoms with Gasteiger partial charge in [-0.25, -0.2) is 0 Å². The highest BCUT2D eigenvalue weighted by molar-refractivity contribution is 5.77. The lowest BCUT2D eigenvalue weighted by Crippen LogP contribution is -2.40. The van der Waals surface area contributed by atoms with Crippen molar-refractivity contribution in [2.45, 2.75) is 32.0 Å². The Hall–Kier alpha value is -1.33. The summed E-state index contributed by atoms with van der Waals surface area (Å²) in [5, 5.41) is 3.40. The van der Waals surface area contributed by atoms with Crippen LogP contribution in [0.2, 0.25) is 0 Å². The summed E-state index contributed by atoms with van der Waals surface area (Å²) in [5.41, 5.74) is 0. The van der Waals surface area contributed by atoms with Gasteiger partial charge in [0.25, 0.3) is 0 Å². The van der Waals surface area contributed by atoms with Gasteiger partial charge >= 0.3 is 0 Å². The Morgan fingerprint density at radius 2 is 2.17 bits per heavy atom. The van der Waals surface area contributed by atoms with Crippen LogP contribution in [0.3, 0.4) is 0 Å². The quantitative estimate of drug-likeness (QED) is 0.843. The average molecular weight is 250 g/mol. The molecule has 1 aromatic heterocycles. The Morgan fingerprint density at radius 1 is 1.33 bits per heavy atom. The number of ether oxygens (including phenoxy) is 1. The zero-order valence-electron chi connectivity index (χ0n) is 10.4. The molecule has 1 saturated heterocycles. The number of carbonyl (C=O) groups excluding carboxylic acids is 1. The van der Waals surface area contributed by atoms with Crippen molar-refractivity contribution in [2.24, 2.45) is 0 Å². The molecule has 1 aromatic rings. The lowest BCUT2D eigenvalue weighted by molar-refractivity contribution is -0.143. The molecular weight excluding hydrogens is 232 g/mol. The molecule has 1 aliphatic heterocycles. The smallest absolute Gasteiger partial charge is 0.249 e. The molecular formula is C13H18N2O3. The fourth-order valence-corrected chi connectivity index (χ4v) is 2.04. The van der Waals surface area contributed by atoms with Crippen LogP contribution in [0.4, 0.5) is 0 Å². The molecule has 1 N–H and O–H groups in total. The number of carbonyl (C=O) groups is 1. The first kappa shape index (κ1) is 11.7. The van der Waals surface area contributed by atoms with E-state index in [9.17, 15) is 4.79 Å². The van der Waals surface area contributed by atoms with Crippen LogP contribution < -0.4 is 5.32 Å². The first-order chi connectivity index (χ1) is 8.81. The molecule has 2 fully saturated rings. The molecule has 0 atom stereocenters. The lowest BCUT2D eigenvalue weighted by atomic mass is 10.3. The van der Waals surface area contributed by atoms with Gasteiger partial charge in [-0.05, 0) is 25.0 Å². The molecule has 1 saturated carbocycles. The second-order valence-electron chi connectivity index (χ2n) is 4.89. The molecule has 0 radical (unpaired) electrons. The molecule has 5 nitrogen and oxygen atoms in total. The summed E-state index contributed by atoms with van der Waals surface area (Å²) >= 11 is 0. The number of hydrogen-bond acceptors (Lipinski definition) is 4. The molecule has 1 aliphatic carbocycles. The number of morpholine rings is 1. The van der Waals surface area contributed by atoms with E-state index in [1.54, 1.807) is 4.90 Å². The van der Waals surface area contributed by atoms with Crippen molar-refractivity contribution in [2.75, 3.05) is 19.8 Å². The summed E-state index contributed by atoms with van der Waals surface area (Å²) in [7, 11) is 0. The maximum atomic E-state index is 11.6. The second-order valence-corrected chi connectivity index (χ2v) is 4.89. The Balaban J connectivity index is 1.53. The van der Waals surface area contributed by atoms with Gasteiger partial charge in [0, 0.05) is 12.6 Å². The molecule has 3 rings (SSSR count). The highest BCUT2D eigenvalue weighted by atomic mass is 16.5. The minimum Gasteiger partial charge on any atom is -0.463 e. The molecule has 0 bridgehead atoms. The van der Waals surface area contributed by atoms with Crippen LogP contribution in [-0.2, 0) is 22.6 Å². The van der Waals surface area contributed by atoms with Crippen LogP contribution >= 0.6 is 0 Å². The van der Waals surface area contributed by atoms with Crippen LogP contribution in [0.1, 0.15) is 24.4 Å². The van der Waals surface area contributed by atoms with Crippen LogP contribution in [0, 0.1) is 0 Å². The summed E-state index contributed by atoms with van der Waals surface area (Å²) < 4.78 is 10.8. The Kier molecular flexibility index (Phi) is 3.34. The topological polar surface area (TPSA) is 54.7 Å². The van der Waals surface area contributed by atoms with Gasteiger partial charge < -0.3 is 19.4 Å². The lowest BCUT2D eigenvalue weighted by Gasteiger charge is -2.25. The van der Waals surface area contributed by atoms with Gasteiger partial charge in [-0.3, -0.25) is 4.79 Å². The van der Waals surface area contributed by atoms with Gasteiger partial charge in [0.1, 0.15) is 18.1 Å². The molecule has 18 heavy (non-hydrogen) atoms. The minimum absolute atomic E-state index is 0.0373. The first-order valence-corrected chi connectivity index (χ1v) is 6.48. The van der Waals surface area contributed by atoms with Crippen LogP contribution in [0.25, 0.3) is 0 Å². The van der Waals surface area contributed by atoms with Crippen LogP contribution in [0.15, 0.2) is 16.5 Å². The van der Waals surface area contributed by atoms with E-state index < -0.39 is 0 Å². The average Bonchev–Trinajstić information content (AvgIpc) is 3.10. The SMILES string of the molecule is O=C1COCCN1Cc1ccc(CNC2CC2)o1. The predicted octanol–water partition coefficient (Wildman–Crippen LogP) is 0.890. The van der Waals surface area contributed by atoms with E-state index in [2.05, 4.69) is 5.32 Å². The van der Waals surface area contributed by atoms with Crippen LogP contribution in [0.5, 0.6) is 0 Å². The van der Waals surface area contributed by atoms with Gasteiger partial charge in [-0.1, -0.05) is 0 Å². The number of rotatable bonds is 5. The maximum Gasteiger partial charge on any atom is 0.249 e. The van der Waals surface area contributed by atoms with E-state index in [1.165, 1.54) is 12.8 Å². The number of furan rings is 1. The van der Waals surface area contributed by atoms with E-state index in [1.807, 2.05) is 12.1 Å². The van der Waals surface area contributed by atoms with E-state index in [0.29, 0.717) is 25.7 Å². The third kappa shape index (κ3) is 2.91. The Labute approximate surface area is 106 Å². The van der Waals surface area contributed by atoms with Gasteiger partial charge in [0.2, 0.25) is 5.91 Å². The highest BCUT2D eigenvalue weighted by Gasteiger charge is 2.21. The van der Waals surface area contributed by atoms with Crippen molar-refractivity contribution < 1.29 is 13.9 Å². The normalized spacial score (nSPS) is 20.4. The van der Waals surface area contributed by atoms with Gasteiger partial charge in [0.15, 0.2) is 0 Å². The predicted molar refractivity (Wildman–Crippen MR) is 64.8 cm³/mol. The molecule has 2 heterocycles. The molecule has 1 amide bonds. The van der Waals surface area contributed by atoms with E-state index >= 15 is 0 Å². The summed E-state index contributed by atoms with van der Waals surface area (Å²) in [4.78, 5) is 13.4. The van der Waals surface area contributed by atoms with Crippen molar-refractivity contribution in [1.29, 1.82) is 0 Å². The van der Waals surface area contributed by atoms with Gasteiger partial charge in [-0.15, -0.1) is 0 Å². The van der Waals surface area contributed by atoms with E-state index in [4.69, 9.17) is 9.15 Å². The molecule has 0 spiro atoms. The van der Waals surface area contributed by atoms with Gasteiger partial charge in [-0.2, -0.15) is 0 Å². The fraction of sp³-hybridized carbons (Fsp3) is 0.615. The molecule has 0 unspecified atom stereocenters. The Bertz CT molecular complexity index is 426. The number of hydrogen-bond donors (Lipinski definition) is 1. The third-order valence-electron chi connectivity index (χ3n) is 3.29. The second kappa shape index (κ2) is 5.12. The van der Waals surface area contributed by atoms with Crippen molar-refractivity contribution in [3.63, 3.8) is 0 Å². The number of amides is 1. The van der Waals surface area contributed by atoms with Crippen molar-refractivity contribution in [1.82, 2.24) is 10.2 Å². The largest absolute Gasteiger partial charge is 0.463 e. The summed E-state index contributed by atoms with van der Waals surface area (Å²) in [6.07, 6.45) is 2.55. The molecule has 5 heteroatoms. The standard InChI is InChI=1S/C13H18N2O3/c16-13-9-17-6-5-15(13)8-12-4-3-11(18-12)7-14-10-1-2-10/h3-4,10,14H,1-2,5-9H2. The van der Waals surface area contributed by atoms with E-state index in [-0.39, 0.29) is 12.5 Å². The van der Waals surface area contributed by atoms with Crippen molar-refractivity contribution in [3.8, 4) is 0 Å². The van der Waals surface area contributed by atoms with Crippen LogP contribution in [-0.4, -0.2) is 36.6 Å². The zero-order valence-corrected chi connectivity index (χ0v) is 10.4. The molecule has 0 aromatic carbocycles. The minimum atomic E-state index is 0.0373. The maximum absolute atomic E-state index is 11.6.